The van der Waals surface area contributed by atoms with Crippen molar-refractivity contribution in [3.05, 3.63) is 18.0 Å². The third-order valence-electron chi connectivity index (χ3n) is 3.61. The Kier molecular flexibility index (Phi) is 5.73. The quantitative estimate of drug-likeness (QED) is 0.726. The van der Waals surface area contributed by atoms with Crippen molar-refractivity contribution in [2.45, 2.75) is 65.5 Å². The van der Waals surface area contributed by atoms with Crippen LogP contribution in [0.15, 0.2) is 12.3 Å². The van der Waals surface area contributed by atoms with Crippen LogP contribution < -0.4 is 0 Å². The Morgan fingerprint density at radius 1 is 1.37 bits per heavy atom. The molecule has 108 valence electrons. The molecule has 1 rings (SSSR count). The first-order chi connectivity index (χ1) is 8.99. The van der Waals surface area contributed by atoms with Crippen molar-refractivity contribution >= 4 is 5.78 Å². The number of hydrogen-bond donors (Lipinski definition) is 0. The largest absolute Gasteiger partial charge is 0.368 e. The van der Waals surface area contributed by atoms with Crippen molar-refractivity contribution in [3.63, 3.8) is 0 Å². The van der Waals surface area contributed by atoms with Gasteiger partial charge in [-0.1, -0.05) is 13.8 Å². The van der Waals surface area contributed by atoms with Crippen LogP contribution in [0.2, 0.25) is 0 Å². The molecule has 1 aromatic rings. The molecule has 0 saturated carbocycles. The minimum Gasteiger partial charge on any atom is -0.368 e. The number of carbonyl (C=O) groups excluding carboxylic acids is 1. The molecule has 0 aromatic carbocycles. The van der Waals surface area contributed by atoms with Crippen LogP contribution in [0.5, 0.6) is 0 Å². The molecule has 0 spiro atoms. The van der Waals surface area contributed by atoms with Crippen LogP contribution in [-0.4, -0.2) is 27.8 Å². The summed E-state index contributed by atoms with van der Waals surface area (Å²) < 4.78 is 7.61. The van der Waals surface area contributed by atoms with Gasteiger partial charge in [0.25, 0.3) is 0 Å². The normalized spacial score (nSPS) is 12.1. The van der Waals surface area contributed by atoms with Gasteiger partial charge in [0.1, 0.15) is 5.60 Å². The van der Waals surface area contributed by atoms with Gasteiger partial charge in [0, 0.05) is 18.8 Å². The summed E-state index contributed by atoms with van der Waals surface area (Å²) in [5.74, 6) is 0.133. The first-order valence-electron chi connectivity index (χ1n) is 7.20. The van der Waals surface area contributed by atoms with Crippen molar-refractivity contribution in [3.8, 4) is 0 Å². The Morgan fingerprint density at radius 3 is 2.42 bits per heavy atom. The van der Waals surface area contributed by atoms with Crippen LogP contribution in [0, 0.1) is 0 Å². The molecule has 0 bridgehead atoms. The molecule has 0 aliphatic heterocycles. The summed E-state index contributed by atoms with van der Waals surface area (Å²) in [7, 11) is 0. The Bertz CT molecular complexity index is 406. The highest BCUT2D eigenvalue weighted by molar-refractivity contribution is 5.88. The molecule has 0 fully saturated rings. The van der Waals surface area contributed by atoms with E-state index < -0.39 is 5.60 Å². The van der Waals surface area contributed by atoms with Crippen LogP contribution in [0.3, 0.4) is 0 Å². The minimum atomic E-state index is -0.642. The van der Waals surface area contributed by atoms with Gasteiger partial charge in [-0.2, -0.15) is 5.10 Å². The molecular weight excluding hydrogens is 240 g/mol. The molecular formula is C15H26N2O2. The predicted octanol–water partition coefficient (Wildman–Crippen LogP) is 3.17. The highest BCUT2D eigenvalue weighted by Crippen LogP contribution is 2.23. The molecule has 0 radical (unpaired) electrons. The van der Waals surface area contributed by atoms with Gasteiger partial charge < -0.3 is 4.74 Å². The highest BCUT2D eigenvalue weighted by Gasteiger charge is 2.35. The zero-order chi connectivity index (χ0) is 14.5. The van der Waals surface area contributed by atoms with Crippen LogP contribution in [0.4, 0.5) is 0 Å². The molecule has 4 heteroatoms. The average Bonchev–Trinajstić information content (AvgIpc) is 2.84. The first-order valence-corrected chi connectivity index (χ1v) is 7.20. The number of hydrogen-bond acceptors (Lipinski definition) is 3. The number of rotatable bonds is 8. The molecule has 19 heavy (non-hydrogen) atoms. The summed E-state index contributed by atoms with van der Waals surface area (Å²) >= 11 is 0. The summed E-state index contributed by atoms with van der Waals surface area (Å²) in [5.41, 5.74) is 0.181. The smallest absolute Gasteiger partial charge is 0.170 e. The van der Waals surface area contributed by atoms with Gasteiger partial charge in [-0.05, 0) is 39.7 Å². The second-order valence-electron chi connectivity index (χ2n) is 5.12. The number of carbonyl (C=O) groups is 1. The van der Waals surface area contributed by atoms with Crippen molar-refractivity contribution in [1.29, 1.82) is 0 Å². The number of ether oxygens (including phenoxy) is 1. The van der Waals surface area contributed by atoms with Crippen molar-refractivity contribution in [2.75, 3.05) is 6.61 Å². The van der Waals surface area contributed by atoms with Crippen molar-refractivity contribution in [2.24, 2.45) is 0 Å². The fourth-order valence-corrected chi connectivity index (χ4v) is 2.29. The van der Waals surface area contributed by atoms with Crippen LogP contribution >= 0.6 is 0 Å². The van der Waals surface area contributed by atoms with E-state index in [1.807, 2.05) is 37.7 Å². The summed E-state index contributed by atoms with van der Waals surface area (Å²) in [5, 5.41) is 4.43. The maximum Gasteiger partial charge on any atom is 0.170 e. The summed E-state index contributed by atoms with van der Waals surface area (Å²) in [6.07, 6.45) is 3.69. The van der Waals surface area contributed by atoms with Gasteiger partial charge in [0.15, 0.2) is 5.78 Å². The predicted molar refractivity (Wildman–Crippen MR) is 76.3 cm³/mol. The summed E-state index contributed by atoms with van der Waals surface area (Å²) in [6, 6.07) is 2.23. The zero-order valence-corrected chi connectivity index (χ0v) is 12.8. The van der Waals surface area contributed by atoms with E-state index >= 15 is 0 Å². The second-order valence-corrected chi connectivity index (χ2v) is 5.12. The highest BCUT2D eigenvalue weighted by atomic mass is 16.5. The summed E-state index contributed by atoms with van der Waals surface area (Å²) in [4.78, 5) is 12.5. The topological polar surface area (TPSA) is 44.1 Å². The molecule has 0 aliphatic rings. The van der Waals surface area contributed by atoms with Crippen LogP contribution in [0.1, 0.15) is 59.2 Å². The Hall–Kier alpha value is -1.16. The molecule has 0 aliphatic carbocycles. The van der Waals surface area contributed by atoms with Gasteiger partial charge in [-0.15, -0.1) is 0 Å². The lowest BCUT2D eigenvalue weighted by Crippen LogP contribution is -2.41. The van der Waals surface area contributed by atoms with E-state index in [0.717, 1.165) is 5.69 Å². The lowest BCUT2D eigenvalue weighted by molar-refractivity contribution is -0.144. The van der Waals surface area contributed by atoms with Gasteiger partial charge in [-0.25, -0.2) is 0 Å². The van der Waals surface area contributed by atoms with E-state index in [1.54, 1.807) is 0 Å². The number of aromatic nitrogens is 2. The fourth-order valence-electron chi connectivity index (χ4n) is 2.29. The molecule has 4 nitrogen and oxygen atoms in total. The molecule has 1 heterocycles. The second kappa shape index (κ2) is 6.85. The van der Waals surface area contributed by atoms with E-state index in [0.29, 0.717) is 31.9 Å². The minimum absolute atomic E-state index is 0.133. The van der Waals surface area contributed by atoms with Crippen LogP contribution in [0.25, 0.3) is 0 Å². The van der Waals surface area contributed by atoms with E-state index in [2.05, 4.69) is 18.9 Å². The third kappa shape index (κ3) is 3.66. The van der Waals surface area contributed by atoms with E-state index in [1.165, 1.54) is 0 Å². The average molecular weight is 266 g/mol. The molecule has 0 unspecified atom stereocenters. The Balaban J connectivity index is 2.81. The fraction of sp³-hybridized carbons (Fsp3) is 0.733. The van der Waals surface area contributed by atoms with Crippen LogP contribution in [-0.2, 0) is 16.0 Å². The Morgan fingerprint density at radius 2 is 2.00 bits per heavy atom. The molecule has 0 saturated heterocycles. The number of Topliss-reactive ketones (excluding diaryl/α,β-unsaturated/α-hetero) is 1. The standard InChI is InChI=1S/C15H26N2O2/c1-6-15(7-2,19-8-3)14(18)11-13-9-10-17(16-13)12(4)5/h9-10,12H,6-8,11H2,1-5H3. The molecule has 0 amide bonds. The van der Waals surface area contributed by atoms with E-state index in [9.17, 15) is 4.79 Å². The monoisotopic (exact) mass is 266 g/mol. The van der Waals surface area contributed by atoms with E-state index in [-0.39, 0.29) is 5.78 Å². The van der Waals surface area contributed by atoms with Gasteiger partial charge in [-0.3, -0.25) is 9.48 Å². The molecule has 1 aromatic heterocycles. The van der Waals surface area contributed by atoms with Gasteiger partial charge in [0.05, 0.1) is 12.1 Å². The molecule has 0 atom stereocenters. The van der Waals surface area contributed by atoms with E-state index in [4.69, 9.17) is 4.74 Å². The van der Waals surface area contributed by atoms with Gasteiger partial charge in [0.2, 0.25) is 0 Å². The zero-order valence-electron chi connectivity index (χ0n) is 12.8. The van der Waals surface area contributed by atoms with Crippen molar-refractivity contribution < 1.29 is 9.53 Å². The number of ketones is 1. The van der Waals surface area contributed by atoms with Gasteiger partial charge >= 0.3 is 0 Å². The first kappa shape index (κ1) is 15.9. The lowest BCUT2D eigenvalue weighted by atomic mass is 9.89. The van der Waals surface area contributed by atoms with Crippen molar-refractivity contribution in [1.82, 2.24) is 9.78 Å². The maximum absolute atomic E-state index is 12.5. The SMILES string of the molecule is CCOC(CC)(CC)C(=O)Cc1ccn(C(C)C)n1. The lowest BCUT2D eigenvalue weighted by Gasteiger charge is -2.29. The summed E-state index contributed by atoms with van der Waals surface area (Å²) in [6.45, 7) is 10.6. The number of nitrogens with zero attached hydrogens (tertiary/aromatic N) is 2. The maximum atomic E-state index is 12.5. The Labute approximate surface area is 116 Å². The molecule has 0 N–H and O–H groups in total. The third-order valence-corrected chi connectivity index (χ3v) is 3.61.